The van der Waals surface area contributed by atoms with Gasteiger partial charge in [0.1, 0.15) is 0 Å². The van der Waals surface area contributed by atoms with Crippen molar-refractivity contribution in [1.82, 2.24) is 0 Å². The summed E-state index contributed by atoms with van der Waals surface area (Å²) < 4.78 is 0. The Morgan fingerprint density at radius 2 is 1.67 bits per heavy atom. The van der Waals surface area contributed by atoms with Gasteiger partial charge in [-0.2, -0.15) is 0 Å². The van der Waals surface area contributed by atoms with Crippen LogP contribution in [0, 0.1) is 16.2 Å². The normalized spacial score (nSPS) is 16.8. The lowest BCUT2D eigenvalue weighted by Gasteiger charge is -2.11. The zero-order chi connectivity index (χ0) is 10.7. The summed E-state index contributed by atoms with van der Waals surface area (Å²) in [6, 6.07) is 10.0. The molecule has 0 spiro atoms. The van der Waals surface area contributed by atoms with Gasteiger partial charge in [0.2, 0.25) is 0 Å². The van der Waals surface area contributed by atoms with Crippen molar-refractivity contribution < 1.29 is 4.92 Å². The minimum absolute atomic E-state index is 0.141. The first kappa shape index (κ1) is 9.65. The lowest BCUT2D eigenvalue weighted by atomic mass is 9.93. The first-order valence-corrected chi connectivity index (χ1v) is 4.70. The van der Waals surface area contributed by atoms with E-state index in [9.17, 15) is 10.1 Å². The minimum atomic E-state index is -0.381. The van der Waals surface area contributed by atoms with Gasteiger partial charge < -0.3 is 0 Å². The Balaban J connectivity index is 2.15. The van der Waals surface area contributed by atoms with Crippen LogP contribution in [0.2, 0.25) is 0 Å². The summed E-state index contributed by atoms with van der Waals surface area (Å²) in [6.45, 7) is 0. The largest absolute Gasteiger partial charge is 0.334 e. The van der Waals surface area contributed by atoms with Crippen LogP contribution in [-0.2, 0) is 0 Å². The summed E-state index contributed by atoms with van der Waals surface area (Å²) in [5, 5.41) is 10.5. The third-order valence-corrected chi connectivity index (χ3v) is 2.34. The molecule has 0 saturated carbocycles. The van der Waals surface area contributed by atoms with Crippen molar-refractivity contribution in [2.45, 2.75) is 5.92 Å². The quantitative estimate of drug-likeness (QED) is 0.544. The SMILES string of the molecule is O=[N+]([O-])[C]1C=CC(c2ccccc2)C=C1. The molecule has 1 aromatic rings. The van der Waals surface area contributed by atoms with E-state index in [1.165, 1.54) is 0 Å². The van der Waals surface area contributed by atoms with Crippen molar-refractivity contribution in [3.8, 4) is 0 Å². The monoisotopic (exact) mass is 200 g/mol. The third kappa shape index (κ3) is 2.13. The van der Waals surface area contributed by atoms with Crippen LogP contribution in [0.5, 0.6) is 0 Å². The van der Waals surface area contributed by atoms with E-state index in [0.717, 1.165) is 5.56 Å². The second kappa shape index (κ2) is 4.09. The fourth-order valence-electron chi connectivity index (χ4n) is 1.54. The number of allylic oxidation sites excluding steroid dienone is 2. The molecule has 3 nitrogen and oxygen atoms in total. The predicted molar refractivity (Wildman–Crippen MR) is 57.7 cm³/mol. The number of hydrogen-bond donors (Lipinski definition) is 0. The van der Waals surface area contributed by atoms with Crippen molar-refractivity contribution in [2.75, 3.05) is 0 Å². The molecule has 0 aromatic heterocycles. The molecule has 0 unspecified atom stereocenters. The second-order valence-corrected chi connectivity index (χ2v) is 3.34. The van der Waals surface area contributed by atoms with E-state index in [1.807, 2.05) is 42.5 Å². The molecule has 2 rings (SSSR count). The maximum absolute atomic E-state index is 10.5. The fraction of sp³-hybridized carbons (Fsp3) is 0.0833. The zero-order valence-electron chi connectivity index (χ0n) is 8.04. The number of rotatable bonds is 2. The average Bonchev–Trinajstić information content (AvgIpc) is 2.30. The van der Waals surface area contributed by atoms with E-state index in [-0.39, 0.29) is 16.9 Å². The van der Waals surface area contributed by atoms with Gasteiger partial charge in [0.15, 0.2) is 0 Å². The van der Waals surface area contributed by atoms with E-state index >= 15 is 0 Å². The van der Waals surface area contributed by atoms with E-state index in [2.05, 4.69) is 0 Å². The van der Waals surface area contributed by atoms with Crippen molar-refractivity contribution >= 4 is 0 Å². The fourth-order valence-corrected chi connectivity index (χ4v) is 1.54. The first-order chi connectivity index (χ1) is 7.27. The highest BCUT2D eigenvalue weighted by Crippen LogP contribution is 2.25. The molecule has 3 heteroatoms. The van der Waals surface area contributed by atoms with Gasteiger partial charge in [-0.3, -0.25) is 10.1 Å². The lowest BCUT2D eigenvalue weighted by molar-refractivity contribution is -0.448. The molecule has 0 N–H and O–H groups in total. The molecule has 15 heavy (non-hydrogen) atoms. The van der Waals surface area contributed by atoms with Gasteiger partial charge in [0.25, 0.3) is 0 Å². The van der Waals surface area contributed by atoms with E-state index in [4.69, 9.17) is 0 Å². The number of hydrogen-bond acceptors (Lipinski definition) is 2. The summed E-state index contributed by atoms with van der Waals surface area (Å²) in [4.78, 5) is 10.1. The molecule has 0 aliphatic heterocycles. The third-order valence-electron chi connectivity index (χ3n) is 2.34. The summed E-state index contributed by atoms with van der Waals surface area (Å²) in [5.41, 5.74) is 1.15. The summed E-state index contributed by atoms with van der Waals surface area (Å²) >= 11 is 0. The van der Waals surface area contributed by atoms with Gasteiger partial charge in [-0.25, -0.2) is 0 Å². The highest BCUT2D eigenvalue weighted by atomic mass is 16.6. The Bertz CT molecular complexity index is 395. The van der Waals surface area contributed by atoms with Crippen molar-refractivity contribution in [2.24, 2.45) is 0 Å². The van der Waals surface area contributed by atoms with Gasteiger partial charge in [0, 0.05) is 23.0 Å². The van der Waals surface area contributed by atoms with Crippen LogP contribution in [0.4, 0.5) is 0 Å². The van der Waals surface area contributed by atoms with Gasteiger partial charge in [-0.1, -0.05) is 42.5 Å². The molecular formula is C12H10NO2. The maximum Gasteiger partial charge on any atom is 0.334 e. The van der Waals surface area contributed by atoms with Crippen molar-refractivity contribution in [3.63, 3.8) is 0 Å². The molecule has 0 atom stereocenters. The molecule has 75 valence electrons. The summed E-state index contributed by atoms with van der Waals surface area (Å²) in [5.74, 6) is 0.148. The topological polar surface area (TPSA) is 43.1 Å². The van der Waals surface area contributed by atoms with Crippen LogP contribution >= 0.6 is 0 Å². The van der Waals surface area contributed by atoms with Crippen LogP contribution in [0.1, 0.15) is 11.5 Å². The Morgan fingerprint density at radius 3 is 2.20 bits per heavy atom. The van der Waals surface area contributed by atoms with Crippen LogP contribution < -0.4 is 0 Å². The molecule has 0 bridgehead atoms. The molecule has 0 amide bonds. The molecule has 1 aliphatic carbocycles. The molecule has 1 aliphatic rings. The minimum Gasteiger partial charge on any atom is -0.263 e. The second-order valence-electron chi connectivity index (χ2n) is 3.34. The van der Waals surface area contributed by atoms with E-state index in [0.29, 0.717) is 0 Å². The van der Waals surface area contributed by atoms with Gasteiger partial charge >= 0.3 is 6.04 Å². The smallest absolute Gasteiger partial charge is 0.263 e. The summed E-state index contributed by atoms with van der Waals surface area (Å²) in [6.07, 6.45) is 6.79. The first-order valence-electron chi connectivity index (χ1n) is 4.70. The molecule has 0 heterocycles. The van der Waals surface area contributed by atoms with E-state index in [1.54, 1.807) is 12.2 Å². The average molecular weight is 200 g/mol. The van der Waals surface area contributed by atoms with Crippen LogP contribution in [-0.4, -0.2) is 4.92 Å². The predicted octanol–water partition coefficient (Wildman–Crippen LogP) is 2.70. The number of nitrogens with zero attached hydrogens (tertiary/aromatic N) is 1. The summed E-state index contributed by atoms with van der Waals surface area (Å²) in [7, 11) is 0. The molecule has 0 fully saturated rings. The van der Waals surface area contributed by atoms with Crippen molar-refractivity contribution in [3.05, 3.63) is 76.4 Å². The lowest BCUT2D eigenvalue weighted by Crippen LogP contribution is -2.08. The zero-order valence-corrected chi connectivity index (χ0v) is 8.04. The van der Waals surface area contributed by atoms with Gasteiger partial charge in [-0.05, 0) is 5.56 Å². The Kier molecular flexibility index (Phi) is 2.63. The molecule has 1 aromatic carbocycles. The number of benzene rings is 1. The van der Waals surface area contributed by atoms with Crippen LogP contribution in [0.25, 0.3) is 0 Å². The highest BCUT2D eigenvalue weighted by molar-refractivity contribution is 5.35. The van der Waals surface area contributed by atoms with Crippen LogP contribution in [0.3, 0.4) is 0 Å². The number of nitro groups is 1. The molecule has 1 radical (unpaired) electrons. The van der Waals surface area contributed by atoms with E-state index < -0.39 is 0 Å². The molecule has 0 saturated heterocycles. The Labute approximate surface area is 87.9 Å². The van der Waals surface area contributed by atoms with Gasteiger partial charge in [0.05, 0.1) is 0 Å². The maximum atomic E-state index is 10.5. The Morgan fingerprint density at radius 1 is 1.07 bits per heavy atom. The molecular weight excluding hydrogens is 190 g/mol. The highest BCUT2D eigenvalue weighted by Gasteiger charge is 2.20. The van der Waals surface area contributed by atoms with Crippen molar-refractivity contribution in [1.29, 1.82) is 0 Å². The Hall–Kier alpha value is -1.90. The standard InChI is InChI=1S/C12H10NO2/c14-13(15)12-8-6-11(7-9-12)10-4-2-1-3-5-10/h1-9,11H. The van der Waals surface area contributed by atoms with Gasteiger partial charge in [-0.15, -0.1) is 0 Å². The van der Waals surface area contributed by atoms with Crippen LogP contribution in [0.15, 0.2) is 54.6 Å².